The summed E-state index contributed by atoms with van der Waals surface area (Å²) in [6.45, 7) is 0. The Morgan fingerprint density at radius 1 is 1.28 bits per heavy atom. The quantitative estimate of drug-likeness (QED) is 0.385. The Morgan fingerprint density at radius 2 is 2.16 bits per heavy atom. The lowest BCUT2D eigenvalue weighted by Crippen LogP contribution is -2.25. The second kappa shape index (κ2) is 6.99. The molecule has 1 saturated carbocycles. The van der Waals surface area contributed by atoms with E-state index in [4.69, 9.17) is 9.72 Å². The number of anilines is 1. The highest BCUT2D eigenvalue weighted by atomic mass is 16.5. The average molecular weight is 431 g/mol. The second-order valence-electron chi connectivity index (χ2n) is 7.96. The molecule has 1 saturated heterocycles. The predicted molar refractivity (Wildman–Crippen MR) is 119 cm³/mol. The van der Waals surface area contributed by atoms with Crippen molar-refractivity contribution in [2.24, 2.45) is 0 Å². The number of hydrogen-bond donors (Lipinski definition) is 4. The van der Waals surface area contributed by atoms with Crippen molar-refractivity contribution in [3.8, 4) is 11.6 Å². The van der Waals surface area contributed by atoms with Gasteiger partial charge in [-0.3, -0.25) is 0 Å². The van der Waals surface area contributed by atoms with Crippen molar-refractivity contribution in [2.75, 3.05) is 12.4 Å². The number of hydrogen-bond acceptors (Lipinski definition) is 6. The van der Waals surface area contributed by atoms with E-state index >= 15 is 0 Å². The molecule has 1 atom stereocenters. The second-order valence-corrected chi connectivity index (χ2v) is 7.96. The summed E-state index contributed by atoms with van der Waals surface area (Å²) in [5.41, 5.74) is 2.61. The van der Waals surface area contributed by atoms with Crippen molar-refractivity contribution < 1.29 is 14.6 Å². The van der Waals surface area contributed by atoms with Crippen molar-refractivity contribution in [3.63, 3.8) is 0 Å². The van der Waals surface area contributed by atoms with Crippen LogP contribution in [-0.2, 0) is 0 Å². The molecule has 10 heteroatoms. The molecule has 32 heavy (non-hydrogen) atoms. The van der Waals surface area contributed by atoms with E-state index in [1.165, 1.54) is 0 Å². The Labute approximate surface area is 182 Å². The predicted octanol–water partition coefficient (Wildman–Crippen LogP) is 2.23. The number of carbonyl (C=O) groups excluding carboxylic acids is 1. The Hall–Kier alpha value is -4.05. The molecular formula is C22H21N7O3. The Bertz CT molecular complexity index is 1400. The van der Waals surface area contributed by atoms with E-state index in [1.807, 2.05) is 41.1 Å². The van der Waals surface area contributed by atoms with Crippen LogP contribution in [0.3, 0.4) is 0 Å². The summed E-state index contributed by atoms with van der Waals surface area (Å²) < 4.78 is 9.16. The zero-order chi connectivity index (χ0) is 21.8. The minimum atomic E-state index is -1.09. The molecule has 162 valence electrons. The standard InChI is InChI=1S/C22H21N7O3/c1-32-15-5-2-12-6-7-28(17(12)9-15)18-10-19(24-14-3-4-14)29-20(26-18)13(11-23-29)8-16-21(30)27-22(31)25-16/h2,5-11,14,21,24,30H,3-4H2,1H3,(H2,25,27,31)/b16-8-. The van der Waals surface area contributed by atoms with Crippen LogP contribution in [0.4, 0.5) is 10.6 Å². The Morgan fingerprint density at radius 3 is 2.91 bits per heavy atom. The van der Waals surface area contributed by atoms with Crippen molar-refractivity contribution in [2.45, 2.75) is 25.1 Å². The third-order valence-corrected chi connectivity index (χ3v) is 5.69. The van der Waals surface area contributed by atoms with Gasteiger partial charge in [0.15, 0.2) is 11.9 Å². The van der Waals surface area contributed by atoms with Crippen LogP contribution in [0.1, 0.15) is 18.4 Å². The molecule has 2 amide bonds. The van der Waals surface area contributed by atoms with Gasteiger partial charge in [0.2, 0.25) is 0 Å². The van der Waals surface area contributed by atoms with Gasteiger partial charge in [-0.1, -0.05) is 0 Å². The Balaban J connectivity index is 1.53. The minimum Gasteiger partial charge on any atom is -0.497 e. The normalized spacial score (nSPS) is 19.5. The number of fused-ring (bicyclic) bond motifs is 2. The lowest BCUT2D eigenvalue weighted by atomic mass is 10.2. The van der Waals surface area contributed by atoms with E-state index in [2.05, 4.69) is 21.0 Å². The number of urea groups is 1. The maximum absolute atomic E-state index is 11.5. The summed E-state index contributed by atoms with van der Waals surface area (Å²) in [7, 11) is 1.65. The highest BCUT2D eigenvalue weighted by Gasteiger charge is 2.25. The van der Waals surface area contributed by atoms with Gasteiger partial charge in [-0.2, -0.15) is 9.61 Å². The topological polar surface area (TPSA) is 118 Å². The average Bonchev–Trinajstić information content (AvgIpc) is 3.21. The monoisotopic (exact) mass is 431 g/mol. The fourth-order valence-corrected chi connectivity index (χ4v) is 3.89. The maximum Gasteiger partial charge on any atom is 0.321 e. The van der Waals surface area contributed by atoms with Crippen molar-refractivity contribution >= 4 is 34.5 Å². The number of rotatable bonds is 5. The number of ether oxygens (including phenoxy) is 1. The number of carbonyl (C=O) groups is 1. The van der Waals surface area contributed by atoms with E-state index in [0.717, 1.165) is 41.1 Å². The van der Waals surface area contributed by atoms with Gasteiger partial charge in [-0.25, -0.2) is 9.78 Å². The third-order valence-electron chi connectivity index (χ3n) is 5.69. The van der Waals surface area contributed by atoms with Gasteiger partial charge in [0.1, 0.15) is 17.4 Å². The number of aromatic nitrogens is 4. The summed E-state index contributed by atoms with van der Waals surface area (Å²) in [5.74, 6) is 2.32. The lowest BCUT2D eigenvalue weighted by Gasteiger charge is -2.12. The maximum atomic E-state index is 11.5. The Kier molecular flexibility index (Phi) is 4.08. The number of aliphatic hydroxyl groups is 1. The minimum absolute atomic E-state index is 0.352. The van der Waals surface area contributed by atoms with E-state index in [9.17, 15) is 9.90 Å². The highest BCUT2D eigenvalue weighted by molar-refractivity contribution is 5.84. The van der Waals surface area contributed by atoms with E-state index in [-0.39, 0.29) is 0 Å². The first-order valence-corrected chi connectivity index (χ1v) is 10.4. The van der Waals surface area contributed by atoms with Gasteiger partial charge < -0.3 is 30.4 Å². The SMILES string of the molecule is COc1ccc2ccn(-c3cc(NC4CC4)n4ncc(/C=C5\NC(=O)NC5O)c4n3)c2c1. The molecule has 6 rings (SSSR count). The van der Waals surface area contributed by atoms with Gasteiger partial charge >= 0.3 is 6.03 Å². The molecule has 2 fully saturated rings. The first-order chi connectivity index (χ1) is 15.6. The van der Waals surface area contributed by atoms with Crippen molar-refractivity contribution in [3.05, 3.63) is 54.0 Å². The van der Waals surface area contributed by atoms with Gasteiger partial charge in [0.25, 0.3) is 0 Å². The molecule has 4 heterocycles. The number of benzene rings is 1. The van der Waals surface area contributed by atoms with Crippen LogP contribution in [0, 0.1) is 0 Å². The molecule has 4 aromatic rings. The van der Waals surface area contributed by atoms with Crippen LogP contribution in [0.2, 0.25) is 0 Å². The highest BCUT2D eigenvalue weighted by Crippen LogP contribution is 2.29. The van der Waals surface area contributed by atoms with Crippen molar-refractivity contribution in [1.82, 2.24) is 29.8 Å². The van der Waals surface area contributed by atoms with Crippen LogP contribution >= 0.6 is 0 Å². The summed E-state index contributed by atoms with van der Waals surface area (Å²) in [5, 5.41) is 24.1. The number of amides is 2. The number of nitrogens with zero attached hydrogens (tertiary/aromatic N) is 4. The fourth-order valence-electron chi connectivity index (χ4n) is 3.89. The number of nitrogens with one attached hydrogen (secondary N) is 3. The van der Waals surface area contributed by atoms with Gasteiger partial charge in [0.05, 0.1) is 24.5 Å². The fraction of sp³-hybridized carbons (Fsp3) is 0.227. The number of methoxy groups -OCH3 is 1. The van der Waals surface area contributed by atoms with E-state index < -0.39 is 12.3 Å². The third kappa shape index (κ3) is 3.12. The van der Waals surface area contributed by atoms with E-state index in [0.29, 0.717) is 22.9 Å². The number of aliphatic hydroxyl groups excluding tert-OH is 1. The van der Waals surface area contributed by atoms with Gasteiger partial charge in [-0.05, 0) is 37.1 Å². The largest absolute Gasteiger partial charge is 0.497 e. The van der Waals surface area contributed by atoms with Crippen LogP contribution < -0.4 is 20.7 Å². The van der Waals surface area contributed by atoms with Crippen molar-refractivity contribution in [1.29, 1.82) is 0 Å². The molecule has 3 aromatic heterocycles. The summed E-state index contributed by atoms with van der Waals surface area (Å²) in [6.07, 6.45) is 6.47. The molecule has 10 nitrogen and oxygen atoms in total. The van der Waals surface area contributed by atoms with Crippen LogP contribution in [0.15, 0.2) is 48.4 Å². The molecule has 1 aliphatic carbocycles. The smallest absolute Gasteiger partial charge is 0.321 e. The molecular weight excluding hydrogens is 410 g/mol. The molecule has 1 unspecified atom stereocenters. The molecule has 4 N–H and O–H groups in total. The molecule has 0 spiro atoms. The van der Waals surface area contributed by atoms with Crippen LogP contribution in [0.5, 0.6) is 5.75 Å². The zero-order valence-electron chi connectivity index (χ0n) is 17.2. The van der Waals surface area contributed by atoms with E-state index in [1.54, 1.807) is 23.9 Å². The summed E-state index contributed by atoms with van der Waals surface area (Å²) in [4.78, 5) is 16.4. The zero-order valence-corrected chi connectivity index (χ0v) is 17.2. The molecule has 0 radical (unpaired) electrons. The molecule has 0 bridgehead atoms. The first-order valence-electron chi connectivity index (χ1n) is 10.4. The summed E-state index contributed by atoms with van der Waals surface area (Å²) in [6, 6.07) is 9.90. The summed E-state index contributed by atoms with van der Waals surface area (Å²) >= 11 is 0. The lowest BCUT2D eigenvalue weighted by molar-refractivity contribution is 0.192. The van der Waals surface area contributed by atoms with Crippen LogP contribution in [0.25, 0.3) is 28.4 Å². The molecule has 1 aromatic carbocycles. The van der Waals surface area contributed by atoms with Gasteiger partial charge in [0, 0.05) is 35.3 Å². The van der Waals surface area contributed by atoms with Crippen LogP contribution in [-0.4, -0.2) is 49.7 Å². The van der Waals surface area contributed by atoms with Gasteiger partial charge in [-0.15, -0.1) is 0 Å². The first kappa shape index (κ1) is 18.7. The molecule has 2 aliphatic rings. The molecule has 1 aliphatic heterocycles.